The lowest BCUT2D eigenvalue weighted by atomic mass is 10.1. The fourth-order valence-corrected chi connectivity index (χ4v) is 1.64. The first kappa shape index (κ1) is 15.7. The molecule has 6 heteroatoms. The Labute approximate surface area is 117 Å². The predicted molar refractivity (Wildman–Crippen MR) is 73.0 cm³/mol. The summed E-state index contributed by atoms with van der Waals surface area (Å²) in [6.45, 7) is 2.28. The Morgan fingerprint density at radius 2 is 1.95 bits per heavy atom. The summed E-state index contributed by atoms with van der Waals surface area (Å²) in [6, 6.07) is 7.08. The van der Waals surface area contributed by atoms with Gasteiger partial charge in [-0.25, -0.2) is 4.79 Å². The van der Waals surface area contributed by atoms with E-state index in [1.807, 2.05) is 31.2 Å². The molecular weight excluding hydrogens is 260 g/mol. The summed E-state index contributed by atoms with van der Waals surface area (Å²) in [6.07, 6.45) is 0.148. The molecule has 0 unspecified atom stereocenters. The van der Waals surface area contributed by atoms with Gasteiger partial charge in [-0.15, -0.1) is 0 Å². The Morgan fingerprint density at radius 3 is 2.60 bits per heavy atom. The Balaban J connectivity index is 2.26. The number of carboxylic acid groups (broad SMARTS) is 1. The van der Waals surface area contributed by atoms with E-state index in [0.717, 1.165) is 11.1 Å². The van der Waals surface area contributed by atoms with Gasteiger partial charge in [0.1, 0.15) is 0 Å². The van der Waals surface area contributed by atoms with Crippen molar-refractivity contribution >= 4 is 17.9 Å². The highest BCUT2D eigenvalue weighted by Gasteiger charge is 2.08. The molecule has 0 heterocycles. The molecule has 0 aliphatic heterocycles. The summed E-state index contributed by atoms with van der Waals surface area (Å²) < 4.78 is 0. The van der Waals surface area contributed by atoms with Gasteiger partial charge in [-0.05, 0) is 18.9 Å². The predicted octanol–water partition coefficient (Wildman–Crippen LogP) is 1.58. The molecule has 3 N–H and O–H groups in total. The molecule has 0 bridgehead atoms. The van der Waals surface area contributed by atoms with Gasteiger partial charge in [0.05, 0.1) is 0 Å². The van der Waals surface area contributed by atoms with Gasteiger partial charge in [-0.2, -0.15) is 0 Å². The van der Waals surface area contributed by atoms with Crippen molar-refractivity contribution in [3.05, 3.63) is 35.4 Å². The Hall–Kier alpha value is -2.37. The highest BCUT2D eigenvalue weighted by atomic mass is 16.4. The third kappa shape index (κ3) is 6.53. The van der Waals surface area contributed by atoms with Crippen molar-refractivity contribution < 1.29 is 19.5 Å². The zero-order chi connectivity index (χ0) is 15.0. The summed E-state index contributed by atoms with van der Waals surface area (Å²) >= 11 is 0. The van der Waals surface area contributed by atoms with E-state index in [1.54, 1.807) is 0 Å². The summed E-state index contributed by atoms with van der Waals surface area (Å²) in [5, 5.41) is 13.2. The highest BCUT2D eigenvalue weighted by molar-refractivity contribution is 5.94. The molecular formula is C14H18N2O4. The average Bonchev–Trinajstić information content (AvgIpc) is 2.36. The number of hydrogen-bond donors (Lipinski definition) is 3. The lowest BCUT2D eigenvalue weighted by Gasteiger charge is -2.07. The highest BCUT2D eigenvalue weighted by Crippen LogP contribution is 2.03. The van der Waals surface area contributed by atoms with Crippen LogP contribution in [0.2, 0.25) is 0 Å². The molecule has 0 radical (unpaired) electrons. The second kappa shape index (κ2) is 7.93. The Bertz CT molecular complexity index is 500. The SMILES string of the molecule is Cc1cccc(CNC(=O)NC(=O)CCCC(=O)O)c1. The van der Waals surface area contributed by atoms with E-state index in [1.165, 1.54) is 0 Å². The molecule has 6 nitrogen and oxygen atoms in total. The summed E-state index contributed by atoms with van der Waals surface area (Å²) in [5.41, 5.74) is 2.04. The molecule has 1 aromatic carbocycles. The van der Waals surface area contributed by atoms with Crippen molar-refractivity contribution in [1.82, 2.24) is 10.6 Å². The molecule has 0 saturated carbocycles. The van der Waals surface area contributed by atoms with Crippen LogP contribution in [0.5, 0.6) is 0 Å². The number of aryl methyl sites for hydroxylation is 1. The number of amides is 3. The molecule has 0 fully saturated rings. The Kier molecular flexibility index (Phi) is 6.22. The summed E-state index contributed by atoms with van der Waals surface area (Å²) in [4.78, 5) is 33.1. The Morgan fingerprint density at radius 1 is 1.20 bits per heavy atom. The molecule has 0 spiro atoms. The quantitative estimate of drug-likeness (QED) is 0.736. The molecule has 20 heavy (non-hydrogen) atoms. The maximum absolute atomic E-state index is 11.4. The van der Waals surface area contributed by atoms with Crippen LogP contribution in [0.4, 0.5) is 4.79 Å². The molecule has 108 valence electrons. The van der Waals surface area contributed by atoms with Crippen LogP contribution < -0.4 is 10.6 Å². The number of benzene rings is 1. The van der Waals surface area contributed by atoms with Crippen LogP contribution in [0.3, 0.4) is 0 Å². The van der Waals surface area contributed by atoms with E-state index < -0.39 is 17.9 Å². The van der Waals surface area contributed by atoms with E-state index >= 15 is 0 Å². The first-order valence-electron chi connectivity index (χ1n) is 6.32. The molecule has 1 aromatic rings. The third-order valence-corrected chi connectivity index (χ3v) is 2.58. The lowest BCUT2D eigenvalue weighted by Crippen LogP contribution is -2.39. The number of rotatable bonds is 6. The molecule has 3 amide bonds. The maximum Gasteiger partial charge on any atom is 0.321 e. The standard InChI is InChI=1S/C14H18N2O4/c1-10-4-2-5-11(8-10)9-15-14(20)16-12(17)6-3-7-13(18)19/h2,4-5,8H,3,6-7,9H2,1H3,(H,18,19)(H2,15,16,17,20). The van der Waals surface area contributed by atoms with Gasteiger partial charge in [0.25, 0.3) is 0 Å². The first-order valence-corrected chi connectivity index (χ1v) is 6.32. The van der Waals surface area contributed by atoms with Gasteiger partial charge in [0, 0.05) is 19.4 Å². The minimum Gasteiger partial charge on any atom is -0.481 e. The molecule has 0 aliphatic carbocycles. The van der Waals surface area contributed by atoms with Crippen molar-refractivity contribution in [3.8, 4) is 0 Å². The van der Waals surface area contributed by atoms with E-state index in [2.05, 4.69) is 10.6 Å². The van der Waals surface area contributed by atoms with Gasteiger partial charge >= 0.3 is 12.0 Å². The average molecular weight is 278 g/mol. The number of urea groups is 1. The van der Waals surface area contributed by atoms with E-state index in [4.69, 9.17) is 5.11 Å². The van der Waals surface area contributed by atoms with Crippen molar-refractivity contribution in [3.63, 3.8) is 0 Å². The summed E-state index contributed by atoms with van der Waals surface area (Å²) in [7, 11) is 0. The van der Waals surface area contributed by atoms with Crippen molar-refractivity contribution in [2.45, 2.75) is 32.7 Å². The van der Waals surface area contributed by atoms with Crippen molar-refractivity contribution in [2.75, 3.05) is 0 Å². The second-order valence-corrected chi connectivity index (χ2v) is 4.47. The second-order valence-electron chi connectivity index (χ2n) is 4.47. The van der Waals surface area contributed by atoms with Gasteiger partial charge < -0.3 is 10.4 Å². The maximum atomic E-state index is 11.4. The largest absolute Gasteiger partial charge is 0.481 e. The molecule has 0 aromatic heterocycles. The van der Waals surface area contributed by atoms with Gasteiger partial charge in [-0.3, -0.25) is 14.9 Å². The van der Waals surface area contributed by atoms with E-state index in [0.29, 0.717) is 6.54 Å². The molecule has 0 aliphatic rings. The van der Waals surface area contributed by atoms with Crippen molar-refractivity contribution in [1.29, 1.82) is 0 Å². The minimum atomic E-state index is -0.957. The number of nitrogens with one attached hydrogen (secondary N) is 2. The van der Waals surface area contributed by atoms with Gasteiger partial charge in [0.2, 0.25) is 5.91 Å². The van der Waals surface area contributed by atoms with Crippen LogP contribution in [0, 0.1) is 6.92 Å². The number of carbonyl (C=O) groups excluding carboxylic acids is 2. The topological polar surface area (TPSA) is 95.5 Å². The first-order chi connectivity index (χ1) is 9.47. The number of carbonyl (C=O) groups is 3. The van der Waals surface area contributed by atoms with Crippen LogP contribution in [0.15, 0.2) is 24.3 Å². The molecule has 1 rings (SSSR count). The van der Waals surface area contributed by atoms with Crippen molar-refractivity contribution in [2.24, 2.45) is 0 Å². The van der Waals surface area contributed by atoms with E-state index in [-0.39, 0.29) is 19.3 Å². The lowest BCUT2D eigenvalue weighted by molar-refractivity contribution is -0.137. The number of aliphatic carboxylic acids is 1. The van der Waals surface area contributed by atoms with Crippen LogP contribution in [0.1, 0.15) is 30.4 Å². The zero-order valence-corrected chi connectivity index (χ0v) is 11.3. The fraction of sp³-hybridized carbons (Fsp3) is 0.357. The smallest absolute Gasteiger partial charge is 0.321 e. The number of carboxylic acids is 1. The molecule has 0 saturated heterocycles. The monoisotopic (exact) mass is 278 g/mol. The van der Waals surface area contributed by atoms with Crippen LogP contribution >= 0.6 is 0 Å². The van der Waals surface area contributed by atoms with Gasteiger partial charge in [-0.1, -0.05) is 29.8 Å². The minimum absolute atomic E-state index is 0.0180. The summed E-state index contributed by atoms with van der Waals surface area (Å²) in [5.74, 6) is -1.44. The van der Waals surface area contributed by atoms with Crippen LogP contribution in [-0.2, 0) is 16.1 Å². The third-order valence-electron chi connectivity index (χ3n) is 2.58. The number of imide groups is 1. The van der Waals surface area contributed by atoms with Crippen LogP contribution in [-0.4, -0.2) is 23.0 Å². The fourth-order valence-electron chi connectivity index (χ4n) is 1.64. The number of hydrogen-bond acceptors (Lipinski definition) is 3. The zero-order valence-electron chi connectivity index (χ0n) is 11.3. The van der Waals surface area contributed by atoms with Crippen LogP contribution in [0.25, 0.3) is 0 Å². The van der Waals surface area contributed by atoms with Gasteiger partial charge in [0.15, 0.2) is 0 Å². The van der Waals surface area contributed by atoms with E-state index in [9.17, 15) is 14.4 Å². The normalized spacial score (nSPS) is 9.85. The molecule has 0 atom stereocenters.